The average molecular weight is 338 g/mol. The van der Waals surface area contributed by atoms with Crippen molar-refractivity contribution in [2.75, 3.05) is 46.6 Å². The van der Waals surface area contributed by atoms with Crippen LogP contribution >= 0.6 is 0 Å². The van der Waals surface area contributed by atoms with Gasteiger partial charge in [-0.15, -0.1) is 0 Å². The fourth-order valence-corrected chi connectivity index (χ4v) is 4.67. The highest BCUT2D eigenvalue weighted by Crippen LogP contribution is 2.49. The molecule has 0 aromatic carbocycles. The van der Waals surface area contributed by atoms with E-state index >= 15 is 0 Å². The predicted octanol–water partition coefficient (Wildman–Crippen LogP) is 2.42. The molecule has 0 spiro atoms. The van der Waals surface area contributed by atoms with Crippen molar-refractivity contribution in [3.8, 4) is 0 Å². The van der Waals surface area contributed by atoms with Crippen LogP contribution in [0.1, 0.15) is 44.9 Å². The Bertz CT molecular complexity index is 396. The van der Waals surface area contributed by atoms with E-state index in [4.69, 9.17) is 9.47 Å². The minimum Gasteiger partial charge on any atom is -0.381 e. The summed E-state index contributed by atoms with van der Waals surface area (Å²) in [4.78, 5) is 4.32. The molecule has 0 aromatic rings. The summed E-state index contributed by atoms with van der Waals surface area (Å²) in [6, 6.07) is 0. The Morgan fingerprint density at radius 3 is 2.79 bits per heavy atom. The van der Waals surface area contributed by atoms with E-state index in [1.165, 1.54) is 32.1 Å². The third kappa shape index (κ3) is 5.35. The number of rotatable bonds is 9. The van der Waals surface area contributed by atoms with Gasteiger partial charge in [0.05, 0.1) is 13.2 Å². The molecule has 2 saturated carbocycles. The van der Waals surface area contributed by atoms with Crippen molar-refractivity contribution in [1.82, 2.24) is 10.6 Å². The number of aliphatic imine (C=N–C) groups is 1. The molecule has 0 radical (unpaired) electrons. The van der Waals surface area contributed by atoms with Crippen molar-refractivity contribution in [3.05, 3.63) is 0 Å². The van der Waals surface area contributed by atoms with Gasteiger partial charge in [-0.05, 0) is 56.3 Å². The van der Waals surface area contributed by atoms with Crippen LogP contribution in [0.15, 0.2) is 4.99 Å². The van der Waals surface area contributed by atoms with Gasteiger partial charge < -0.3 is 20.1 Å². The highest BCUT2D eigenvalue weighted by molar-refractivity contribution is 5.79. The maximum atomic E-state index is 5.73. The van der Waals surface area contributed by atoms with E-state index in [0.717, 1.165) is 76.1 Å². The molecule has 1 heterocycles. The van der Waals surface area contributed by atoms with Gasteiger partial charge in [0.25, 0.3) is 0 Å². The van der Waals surface area contributed by atoms with Crippen molar-refractivity contribution in [2.45, 2.75) is 44.9 Å². The highest BCUT2D eigenvalue weighted by atomic mass is 16.5. The zero-order chi connectivity index (χ0) is 16.6. The third-order valence-electron chi connectivity index (χ3n) is 6.05. The molecule has 5 nitrogen and oxygen atoms in total. The van der Waals surface area contributed by atoms with Gasteiger partial charge in [0.15, 0.2) is 5.96 Å². The monoisotopic (exact) mass is 337 g/mol. The van der Waals surface area contributed by atoms with Crippen molar-refractivity contribution >= 4 is 5.96 Å². The zero-order valence-corrected chi connectivity index (χ0v) is 15.3. The van der Waals surface area contributed by atoms with Crippen LogP contribution in [0.2, 0.25) is 0 Å². The molecule has 0 amide bonds. The smallest absolute Gasteiger partial charge is 0.190 e. The molecule has 5 heteroatoms. The van der Waals surface area contributed by atoms with E-state index in [0.29, 0.717) is 5.92 Å². The van der Waals surface area contributed by atoms with Gasteiger partial charge in [0.2, 0.25) is 0 Å². The molecular formula is C19H35N3O2. The summed E-state index contributed by atoms with van der Waals surface area (Å²) in [5, 5.41) is 6.86. The summed E-state index contributed by atoms with van der Waals surface area (Å²) in [5.74, 6) is 4.57. The topological polar surface area (TPSA) is 54.9 Å². The molecule has 24 heavy (non-hydrogen) atoms. The van der Waals surface area contributed by atoms with Crippen LogP contribution in [0.3, 0.4) is 0 Å². The van der Waals surface area contributed by atoms with Gasteiger partial charge in [-0.1, -0.05) is 6.42 Å². The fraction of sp³-hybridized carbons (Fsp3) is 0.947. The summed E-state index contributed by atoms with van der Waals surface area (Å²) in [6.45, 7) is 5.39. The standard InChI is InChI=1S/C19H35N3O2/c1-20-19(21-7-2-9-23-13-16-6-10-24-14-16)22-8-5-18-12-15-3-4-17(18)11-15/h15-18H,2-14H2,1H3,(H2,20,21,22). The van der Waals surface area contributed by atoms with E-state index in [1.54, 1.807) is 0 Å². The lowest BCUT2D eigenvalue weighted by molar-refractivity contribution is 0.0888. The number of fused-ring (bicyclic) bond motifs is 2. The normalized spacial score (nSPS) is 32.5. The molecule has 3 fully saturated rings. The molecular weight excluding hydrogens is 302 g/mol. The Morgan fingerprint density at radius 1 is 1.17 bits per heavy atom. The second-order valence-electron chi connectivity index (χ2n) is 7.81. The first-order valence-corrected chi connectivity index (χ1v) is 9.95. The van der Waals surface area contributed by atoms with E-state index in [9.17, 15) is 0 Å². The number of hydrogen-bond acceptors (Lipinski definition) is 3. The summed E-state index contributed by atoms with van der Waals surface area (Å²) in [6.07, 6.45) is 9.42. The predicted molar refractivity (Wildman–Crippen MR) is 97.3 cm³/mol. The molecule has 2 aliphatic carbocycles. The Hall–Kier alpha value is -0.810. The number of hydrogen-bond donors (Lipinski definition) is 2. The fourth-order valence-electron chi connectivity index (χ4n) is 4.67. The first-order valence-electron chi connectivity index (χ1n) is 9.95. The van der Waals surface area contributed by atoms with Crippen LogP contribution in [0.5, 0.6) is 0 Å². The van der Waals surface area contributed by atoms with Gasteiger partial charge in [0, 0.05) is 39.3 Å². The minimum absolute atomic E-state index is 0.609. The first-order chi connectivity index (χ1) is 11.8. The number of guanidine groups is 1. The SMILES string of the molecule is CN=C(NCCCOCC1CCOC1)NCCC1CC2CCC1C2. The summed E-state index contributed by atoms with van der Waals surface area (Å²) in [7, 11) is 1.85. The Kier molecular flexibility index (Phi) is 7.21. The second kappa shape index (κ2) is 9.62. The number of nitrogens with zero attached hydrogens (tertiary/aromatic N) is 1. The lowest BCUT2D eigenvalue weighted by Gasteiger charge is -2.22. The molecule has 0 aromatic heterocycles. The Balaban J connectivity index is 1.18. The zero-order valence-electron chi connectivity index (χ0n) is 15.3. The van der Waals surface area contributed by atoms with E-state index < -0.39 is 0 Å². The minimum atomic E-state index is 0.609. The van der Waals surface area contributed by atoms with Gasteiger partial charge in [-0.2, -0.15) is 0 Å². The van der Waals surface area contributed by atoms with Crippen LogP contribution in [-0.4, -0.2) is 52.5 Å². The van der Waals surface area contributed by atoms with Crippen molar-refractivity contribution in [1.29, 1.82) is 0 Å². The molecule has 1 saturated heterocycles. The molecule has 3 rings (SSSR count). The molecule has 4 atom stereocenters. The van der Waals surface area contributed by atoms with Crippen LogP contribution in [0.25, 0.3) is 0 Å². The van der Waals surface area contributed by atoms with E-state index in [-0.39, 0.29) is 0 Å². The molecule has 2 bridgehead atoms. The lowest BCUT2D eigenvalue weighted by atomic mass is 9.86. The van der Waals surface area contributed by atoms with Gasteiger partial charge in [0.1, 0.15) is 0 Å². The highest BCUT2D eigenvalue weighted by Gasteiger charge is 2.38. The van der Waals surface area contributed by atoms with Gasteiger partial charge in [-0.3, -0.25) is 4.99 Å². The molecule has 4 unspecified atom stereocenters. The summed E-state index contributed by atoms with van der Waals surface area (Å²) < 4.78 is 11.1. The van der Waals surface area contributed by atoms with Crippen LogP contribution in [0, 0.1) is 23.7 Å². The van der Waals surface area contributed by atoms with Gasteiger partial charge in [-0.25, -0.2) is 0 Å². The van der Waals surface area contributed by atoms with Crippen LogP contribution in [-0.2, 0) is 9.47 Å². The van der Waals surface area contributed by atoms with Crippen molar-refractivity contribution in [2.24, 2.45) is 28.7 Å². The quantitative estimate of drug-likeness (QED) is 0.385. The average Bonchev–Trinajstić information content (AvgIpc) is 3.34. The van der Waals surface area contributed by atoms with Gasteiger partial charge >= 0.3 is 0 Å². The van der Waals surface area contributed by atoms with E-state index in [2.05, 4.69) is 15.6 Å². The summed E-state index contributed by atoms with van der Waals surface area (Å²) in [5.41, 5.74) is 0. The van der Waals surface area contributed by atoms with E-state index in [1.807, 2.05) is 7.05 Å². The number of nitrogens with one attached hydrogen (secondary N) is 2. The summed E-state index contributed by atoms with van der Waals surface area (Å²) >= 11 is 0. The Morgan fingerprint density at radius 2 is 2.08 bits per heavy atom. The van der Waals surface area contributed by atoms with Crippen molar-refractivity contribution < 1.29 is 9.47 Å². The van der Waals surface area contributed by atoms with Crippen LogP contribution in [0.4, 0.5) is 0 Å². The maximum absolute atomic E-state index is 5.73. The molecule has 3 aliphatic rings. The maximum Gasteiger partial charge on any atom is 0.190 e. The largest absolute Gasteiger partial charge is 0.381 e. The van der Waals surface area contributed by atoms with Crippen LogP contribution < -0.4 is 10.6 Å². The van der Waals surface area contributed by atoms with Crippen molar-refractivity contribution in [3.63, 3.8) is 0 Å². The number of ether oxygens (including phenoxy) is 2. The molecule has 138 valence electrons. The lowest BCUT2D eigenvalue weighted by Crippen LogP contribution is -2.39. The third-order valence-corrected chi connectivity index (χ3v) is 6.05. The molecule has 1 aliphatic heterocycles. The first kappa shape index (κ1) is 18.0. The molecule has 2 N–H and O–H groups in total. The Labute approximate surface area is 147 Å². The second-order valence-corrected chi connectivity index (χ2v) is 7.81.